The highest BCUT2D eigenvalue weighted by molar-refractivity contribution is 6.29. The molecule has 1 aromatic heterocycles. The van der Waals surface area contributed by atoms with Gasteiger partial charge < -0.3 is 16.4 Å². The first-order valence-corrected chi connectivity index (χ1v) is 6.86. The average molecular weight is 316 g/mol. The summed E-state index contributed by atoms with van der Waals surface area (Å²) in [5, 5.41) is 12.7. The van der Waals surface area contributed by atoms with Crippen LogP contribution in [0.3, 0.4) is 0 Å². The molecule has 0 aromatic carbocycles. The van der Waals surface area contributed by atoms with Crippen molar-refractivity contribution in [2.45, 2.75) is 33.1 Å². The van der Waals surface area contributed by atoms with Gasteiger partial charge >= 0.3 is 5.97 Å². The summed E-state index contributed by atoms with van der Waals surface area (Å²) in [7, 11) is 0. The second-order valence-electron chi connectivity index (χ2n) is 4.41. The number of hydrazone groups is 1. The van der Waals surface area contributed by atoms with E-state index in [1.807, 2.05) is 19.9 Å². The molecule has 21 heavy (non-hydrogen) atoms. The molecular weight excluding hydrogens is 294 g/mol. The third kappa shape index (κ3) is 8.83. The Hall–Kier alpha value is -1.86. The van der Waals surface area contributed by atoms with E-state index in [-0.39, 0.29) is 6.42 Å². The first-order chi connectivity index (χ1) is 9.94. The minimum atomic E-state index is -0.849. The van der Waals surface area contributed by atoms with Gasteiger partial charge in [0.2, 0.25) is 0 Å². The Bertz CT molecular complexity index is 429. The highest BCUT2D eigenvalue weighted by atomic mass is 35.5. The van der Waals surface area contributed by atoms with Gasteiger partial charge in [0.15, 0.2) is 0 Å². The molecule has 0 aliphatic heterocycles. The van der Waals surface area contributed by atoms with Crippen molar-refractivity contribution < 1.29 is 9.90 Å². The Morgan fingerprint density at radius 1 is 1.57 bits per heavy atom. The van der Waals surface area contributed by atoms with Gasteiger partial charge in [0.1, 0.15) is 11.0 Å². The van der Waals surface area contributed by atoms with Gasteiger partial charge in [0.25, 0.3) is 0 Å². The standard InChI is InChI=1S/C7H16N4O2.C6H6ClN/c1-2-3-5(7(12)13)4-6(10-8)11-9;1-5-2-3-6(7)8-4-5/h5H,2-4,8-9H2,1H3,(H,10,11)(H,12,13);2-4H,1H3. The summed E-state index contributed by atoms with van der Waals surface area (Å²) in [6.45, 7) is 3.90. The van der Waals surface area contributed by atoms with E-state index in [1.165, 1.54) is 0 Å². The largest absolute Gasteiger partial charge is 0.481 e. The fraction of sp³-hybridized carbons (Fsp3) is 0.462. The maximum absolute atomic E-state index is 10.7. The molecule has 1 unspecified atom stereocenters. The van der Waals surface area contributed by atoms with Crippen LogP contribution in [-0.2, 0) is 4.79 Å². The molecule has 0 bridgehead atoms. The molecule has 0 aliphatic rings. The number of halogens is 1. The van der Waals surface area contributed by atoms with Crippen LogP contribution in [0.15, 0.2) is 23.4 Å². The predicted octanol–water partition coefficient (Wildman–Crippen LogP) is 1.66. The van der Waals surface area contributed by atoms with Crippen molar-refractivity contribution in [2.24, 2.45) is 22.7 Å². The van der Waals surface area contributed by atoms with E-state index < -0.39 is 11.9 Å². The minimum absolute atomic E-state index is 0.246. The van der Waals surface area contributed by atoms with Crippen molar-refractivity contribution in [2.75, 3.05) is 0 Å². The van der Waals surface area contributed by atoms with E-state index in [1.54, 1.807) is 12.3 Å². The number of carboxylic acids is 1. The average Bonchev–Trinajstić information content (AvgIpc) is 2.47. The molecule has 0 saturated carbocycles. The Labute approximate surface area is 129 Å². The molecule has 0 amide bonds. The van der Waals surface area contributed by atoms with Crippen LogP contribution >= 0.6 is 11.6 Å². The molecule has 6 N–H and O–H groups in total. The second-order valence-corrected chi connectivity index (χ2v) is 4.79. The molecule has 0 radical (unpaired) electrons. The van der Waals surface area contributed by atoms with Crippen LogP contribution in [0.2, 0.25) is 5.15 Å². The maximum atomic E-state index is 10.7. The Morgan fingerprint density at radius 3 is 2.57 bits per heavy atom. The molecule has 1 rings (SSSR count). The predicted molar refractivity (Wildman–Crippen MR) is 83.6 cm³/mol. The highest BCUT2D eigenvalue weighted by Gasteiger charge is 2.18. The second kappa shape index (κ2) is 10.9. The quantitative estimate of drug-likeness (QED) is 0.215. The number of carboxylic acid groups (broad SMARTS) is 1. The van der Waals surface area contributed by atoms with E-state index in [9.17, 15) is 4.79 Å². The fourth-order valence-electron chi connectivity index (χ4n) is 1.49. The number of nitrogens with one attached hydrogen (secondary N) is 1. The Kier molecular flexibility index (Phi) is 9.91. The van der Waals surface area contributed by atoms with Crippen LogP contribution in [0.1, 0.15) is 31.7 Å². The van der Waals surface area contributed by atoms with E-state index >= 15 is 0 Å². The number of aryl methyl sites for hydroxylation is 1. The summed E-state index contributed by atoms with van der Waals surface area (Å²) in [5.74, 6) is 9.04. The summed E-state index contributed by atoms with van der Waals surface area (Å²) in [5.41, 5.74) is 3.39. The lowest BCUT2D eigenvalue weighted by atomic mass is 10.00. The van der Waals surface area contributed by atoms with E-state index in [0.29, 0.717) is 17.4 Å². The number of nitrogens with two attached hydrogens (primary N) is 2. The van der Waals surface area contributed by atoms with E-state index in [0.717, 1.165) is 12.0 Å². The number of hydrogen-bond acceptors (Lipinski definition) is 5. The Balaban J connectivity index is 0.000000423. The van der Waals surface area contributed by atoms with E-state index in [4.69, 9.17) is 28.4 Å². The van der Waals surface area contributed by atoms with Crippen LogP contribution in [-0.4, -0.2) is 21.9 Å². The highest BCUT2D eigenvalue weighted by Crippen LogP contribution is 2.11. The number of pyridine rings is 1. The van der Waals surface area contributed by atoms with Gasteiger partial charge in [-0.2, -0.15) is 5.10 Å². The summed E-state index contributed by atoms with van der Waals surface area (Å²) in [6.07, 6.45) is 3.38. The molecule has 0 saturated heterocycles. The molecule has 7 nitrogen and oxygen atoms in total. The molecule has 1 heterocycles. The zero-order chi connectivity index (χ0) is 16.3. The lowest BCUT2D eigenvalue weighted by molar-refractivity contribution is -0.141. The van der Waals surface area contributed by atoms with Crippen molar-refractivity contribution in [3.05, 3.63) is 29.0 Å². The van der Waals surface area contributed by atoms with Gasteiger partial charge in [-0.25, -0.2) is 10.8 Å². The third-order valence-electron chi connectivity index (χ3n) is 2.62. The van der Waals surface area contributed by atoms with Crippen molar-refractivity contribution in [3.8, 4) is 0 Å². The van der Waals surface area contributed by atoms with Crippen molar-refractivity contribution in [1.29, 1.82) is 0 Å². The van der Waals surface area contributed by atoms with Gasteiger partial charge in [-0.3, -0.25) is 4.79 Å². The van der Waals surface area contributed by atoms with Crippen LogP contribution in [0.4, 0.5) is 0 Å². The zero-order valence-electron chi connectivity index (χ0n) is 12.2. The summed E-state index contributed by atoms with van der Waals surface area (Å²) >= 11 is 5.50. The number of rotatable bonds is 5. The lowest BCUT2D eigenvalue weighted by Crippen LogP contribution is -2.34. The fourth-order valence-corrected chi connectivity index (χ4v) is 1.61. The number of hydrogen-bond donors (Lipinski definition) is 4. The molecular formula is C13H22ClN5O2. The SMILES string of the molecule is CCCC(C/C(=N/N)NN)C(=O)O.Cc1ccc(Cl)nc1. The van der Waals surface area contributed by atoms with Crippen LogP contribution in [0.5, 0.6) is 0 Å². The number of aliphatic carboxylic acids is 1. The number of carbonyl (C=O) groups is 1. The number of hydrazine groups is 1. The normalized spacial score (nSPS) is 12.1. The number of amidine groups is 1. The Morgan fingerprint density at radius 2 is 2.24 bits per heavy atom. The van der Waals surface area contributed by atoms with Crippen LogP contribution < -0.4 is 17.1 Å². The molecule has 8 heteroatoms. The molecule has 0 fully saturated rings. The summed E-state index contributed by atoms with van der Waals surface area (Å²) in [6, 6.07) is 3.70. The van der Waals surface area contributed by atoms with Gasteiger partial charge in [0.05, 0.1) is 5.92 Å². The first-order valence-electron chi connectivity index (χ1n) is 6.48. The van der Waals surface area contributed by atoms with Crippen molar-refractivity contribution >= 4 is 23.4 Å². The molecule has 0 aliphatic carbocycles. The first kappa shape index (κ1) is 19.1. The minimum Gasteiger partial charge on any atom is -0.481 e. The van der Waals surface area contributed by atoms with Crippen LogP contribution in [0, 0.1) is 12.8 Å². The van der Waals surface area contributed by atoms with Gasteiger partial charge in [-0.15, -0.1) is 0 Å². The maximum Gasteiger partial charge on any atom is 0.306 e. The van der Waals surface area contributed by atoms with Crippen molar-refractivity contribution in [1.82, 2.24) is 10.4 Å². The molecule has 0 spiro atoms. The zero-order valence-corrected chi connectivity index (χ0v) is 13.0. The van der Waals surface area contributed by atoms with E-state index in [2.05, 4.69) is 15.5 Å². The third-order valence-corrected chi connectivity index (χ3v) is 2.85. The smallest absolute Gasteiger partial charge is 0.306 e. The van der Waals surface area contributed by atoms with Gasteiger partial charge in [0, 0.05) is 12.6 Å². The van der Waals surface area contributed by atoms with Crippen molar-refractivity contribution in [3.63, 3.8) is 0 Å². The topological polar surface area (TPSA) is 127 Å². The summed E-state index contributed by atoms with van der Waals surface area (Å²) in [4.78, 5) is 14.5. The van der Waals surface area contributed by atoms with Gasteiger partial charge in [-0.05, 0) is 25.0 Å². The lowest BCUT2D eigenvalue weighted by Gasteiger charge is -2.11. The number of aromatic nitrogens is 1. The summed E-state index contributed by atoms with van der Waals surface area (Å²) < 4.78 is 0. The monoisotopic (exact) mass is 315 g/mol. The van der Waals surface area contributed by atoms with Crippen LogP contribution in [0.25, 0.3) is 0 Å². The molecule has 1 aromatic rings. The number of nitrogens with zero attached hydrogens (tertiary/aromatic N) is 2. The molecule has 118 valence electrons. The molecule has 1 atom stereocenters. The van der Waals surface area contributed by atoms with Gasteiger partial charge in [-0.1, -0.05) is 31.0 Å².